The van der Waals surface area contributed by atoms with Crippen molar-refractivity contribution in [3.05, 3.63) is 35.1 Å². The van der Waals surface area contributed by atoms with Crippen LogP contribution in [0.25, 0.3) is 0 Å². The van der Waals surface area contributed by atoms with Crippen LogP contribution < -0.4 is 0 Å². The van der Waals surface area contributed by atoms with Gasteiger partial charge >= 0.3 is 0 Å². The van der Waals surface area contributed by atoms with Crippen molar-refractivity contribution in [1.82, 2.24) is 4.90 Å². The summed E-state index contributed by atoms with van der Waals surface area (Å²) in [5, 5.41) is 0. The van der Waals surface area contributed by atoms with Crippen LogP contribution in [0.5, 0.6) is 0 Å². The number of hydrogen-bond acceptors (Lipinski definition) is 2. The lowest BCUT2D eigenvalue weighted by Crippen LogP contribution is -2.41. The number of halogens is 1. The average molecular weight is 247 g/mol. The quantitative estimate of drug-likeness (QED) is 0.801. The lowest BCUT2D eigenvalue weighted by Gasteiger charge is -2.35. The molecule has 1 saturated heterocycles. The number of benzene rings is 1. The summed E-state index contributed by atoms with van der Waals surface area (Å²) in [5.74, 6) is 0.240. The summed E-state index contributed by atoms with van der Waals surface area (Å²) < 4.78 is 13.7. The van der Waals surface area contributed by atoms with Gasteiger partial charge in [0.25, 0.3) is 0 Å². The fourth-order valence-corrected chi connectivity index (χ4v) is 2.97. The molecule has 0 atom stereocenters. The van der Waals surface area contributed by atoms with E-state index in [4.69, 9.17) is 0 Å². The molecule has 1 saturated carbocycles. The topological polar surface area (TPSA) is 20.3 Å². The van der Waals surface area contributed by atoms with Crippen LogP contribution in [0.1, 0.15) is 36.8 Å². The largest absolute Gasteiger partial charge is 0.300 e. The maximum Gasteiger partial charge on any atom is 0.135 e. The summed E-state index contributed by atoms with van der Waals surface area (Å²) in [4.78, 5) is 13.7. The van der Waals surface area contributed by atoms with Gasteiger partial charge in [0.1, 0.15) is 11.6 Å². The maximum absolute atomic E-state index is 13.7. The maximum atomic E-state index is 13.7. The van der Waals surface area contributed by atoms with Crippen LogP contribution in [0.15, 0.2) is 18.2 Å². The molecule has 2 fully saturated rings. The molecule has 96 valence electrons. The molecule has 0 spiro atoms. The minimum Gasteiger partial charge on any atom is -0.300 e. The van der Waals surface area contributed by atoms with Gasteiger partial charge in [0.2, 0.25) is 0 Å². The van der Waals surface area contributed by atoms with E-state index in [0.717, 1.165) is 31.5 Å². The molecule has 0 unspecified atom stereocenters. The molecule has 0 bridgehead atoms. The van der Waals surface area contributed by atoms with E-state index in [9.17, 15) is 9.18 Å². The minimum absolute atomic E-state index is 0.0231. The summed E-state index contributed by atoms with van der Waals surface area (Å²) in [6.07, 6.45) is 3.47. The van der Waals surface area contributed by atoms with Crippen molar-refractivity contribution in [3.63, 3.8) is 0 Å². The van der Waals surface area contributed by atoms with E-state index in [1.165, 1.54) is 0 Å². The second-order valence-corrected chi connectivity index (χ2v) is 5.52. The third-order valence-electron chi connectivity index (χ3n) is 4.36. The Bertz CT molecular complexity index is 483. The zero-order valence-electron chi connectivity index (χ0n) is 10.7. The number of likely N-dealkylation sites (tertiary alicyclic amines) is 1. The van der Waals surface area contributed by atoms with Gasteiger partial charge in [-0.05, 0) is 37.0 Å². The number of Topliss-reactive ketones (excluding diaryl/α,β-unsaturated/α-hetero) is 1. The van der Waals surface area contributed by atoms with Crippen molar-refractivity contribution in [2.75, 3.05) is 13.1 Å². The first-order valence-electron chi connectivity index (χ1n) is 6.65. The van der Waals surface area contributed by atoms with Crippen LogP contribution in [0.4, 0.5) is 4.39 Å². The molecule has 3 rings (SSSR count). The first-order valence-corrected chi connectivity index (χ1v) is 6.65. The van der Waals surface area contributed by atoms with E-state index in [-0.39, 0.29) is 11.4 Å². The molecule has 0 N–H and O–H groups in total. The zero-order valence-corrected chi connectivity index (χ0v) is 10.7. The predicted octanol–water partition coefficient (Wildman–Crippen LogP) is 2.79. The monoisotopic (exact) mass is 247 g/mol. The molecule has 1 aromatic carbocycles. The van der Waals surface area contributed by atoms with Crippen molar-refractivity contribution < 1.29 is 9.18 Å². The van der Waals surface area contributed by atoms with Crippen LogP contribution in [0.2, 0.25) is 0 Å². The Morgan fingerprint density at radius 2 is 1.89 bits per heavy atom. The number of ketones is 1. The Morgan fingerprint density at radius 3 is 2.44 bits per heavy atom. The molecule has 18 heavy (non-hydrogen) atoms. The molecule has 1 aliphatic heterocycles. The number of aryl methyl sites for hydroxylation is 1. The van der Waals surface area contributed by atoms with Gasteiger partial charge in [-0.25, -0.2) is 4.39 Å². The van der Waals surface area contributed by atoms with Crippen molar-refractivity contribution in [1.29, 1.82) is 0 Å². The second-order valence-electron chi connectivity index (χ2n) is 5.52. The van der Waals surface area contributed by atoms with Gasteiger partial charge < -0.3 is 0 Å². The van der Waals surface area contributed by atoms with Gasteiger partial charge in [0, 0.05) is 31.5 Å². The Morgan fingerprint density at radius 1 is 1.22 bits per heavy atom. The fraction of sp³-hybridized carbons (Fsp3) is 0.533. The number of nitrogens with zero attached hydrogens (tertiary/aromatic N) is 1. The van der Waals surface area contributed by atoms with E-state index < -0.39 is 0 Å². The number of piperidine rings is 1. The van der Waals surface area contributed by atoms with Gasteiger partial charge in [0.05, 0.1) is 0 Å². The lowest BCUT2D eigenvalue weighted by atomic mass is 9.98. The summed E-state index contributed by atoms with van der Waals surface area (Å²) in [6.45, 7) is 3.45. The van der Waals surface area contributed by atoms with Gasteiger partial charge in [-0.15, -0.1) is 0 Å². The van der Waals surface area contributed by atoms with Gasteiger partial charge in [-0.1, -0.05) is 12.1 Å². The molecule has 2 aliphatic rings. The minimum atomic E-state index is -0.119. The van der Waals surface area contributed by atoms with Crippen molar-refractivity contribution >= 4 is 5.78 Å². The molecule has 0 amide bonds. The van der Waals surface area contributed by atoms with Crippen LogP contribution in [-0.4, -0.2) is 23.8 Å². The lowest BCUT2D eigenvalue weighted by molar-refractivity contribution is -0.122. The second kappa shape index (κ2) is 4.16. The Labute approximate surface area is 107 Å². The van der Waals surface area contributed by atoms with Crippen LogP contribution in [0, 0.1) is 12.7 Å². The van der Waals surface area contributed by atoms with E-state index in [1.54, 1.807) is 13.0 Å². The van der Waals surface area contributed by atoms with Crippen LogP contribution in [-0.2, 0) is 10.3 Å². The summed E-state index contributed by atoms with van der Waals surface area (Å²) in [6, 6.07) is 5.58. The van der Waals surface area contributed by atoms with Crippen LogP contribution in [0.3, 0.4) is 0 Å². The predicted molar refractivity (Wildman–Crippen MR) is 67.9 cm³/mol. The third-order valence-corrected chi connectivity index (χ3v) is 4.36. The average Bonchev–Trinajstić information content (AvgIpc) is 3.15. The fourth-order valence-electron chi connectivity index (χ4n) is 2.97. The summed E-state index contributed by atoms with van der Waals surface area (Å²) in [7, 11) is 0. The number of carbonyl (C=O) groups is 1. The van der Waals surface area contributed by atoms with Crippen molar-refractivity contribution in [3.8, 4) is 0 Å². The summed E-state index contributed by atoms with van der Waals surface area (Å²) >= 11 is 0. The standard InChI is InChI=1S/C15H18FNO/c1-11-2-3-12(10-14(11)16)15(6-7-15)17-8-4-13(18)5-9-17/h2-3,10H,4-9H2,1H3. The van der Waals surface area contributed by atoms with Crippen LogP contribution >= 0.6 is 0 Å². The van der Waals surface area contributed by atoms with Crippen molar-refractivity contribution in [2.24, 2.45) is 0 Å². The van der Waals surface area contributed by atoms with E-state index >= 15 is 0 Å². The van der Waals surface area contributed by atoms with E-state index in [1.807, 2.05) is 12.1 Å². The number of hydrogen-bond donors (Lipinski definition) is 0. The van der Waals surface area contributed by atoms with Crippen molar-refractivity contribution in [2.45, 2.75) is 38.1 Å². The zero-order chi connectivity index (χ0) is 12.8. The molecule has 2 nitrogen and oxygen atoms in total. The third kappa shape index (κ3) is 1.87. The Kier molecular flexibility index (Phi) is 2.74. The van der Waals surface area contributed by atoms with Gasteiger partial charge in [0.15, 0.2) is 0 Å². The highest BCUT2D eigenvalue weighted by Crippen LogP contribution is 2.51. The normalized spacial score (nSPS) is 23.1. The molecule has 3 heteroatoms. The smallest absolute Gasteiger partial charge is 0.135 e. The van der Waals surface area contributed by atoms with E-state index in [2.05, 4.69) is 4.90 Å². The first kappa shape index (κ1) is 11.8. The van der Waals surface area contributed by atoms with Gasteiger partial charge in [-0.2, -0.15) is 0 Å². The Hall–Kier alpha value is -1.22. The van der Waals surface area contributed by atoms with Gasteiger partial charge in [-0.3, -0.25) is 9.69 Å². The molecule has 0 aromatic heterocycles. The highest BCUT2D eigenvalue weighted by atomic mass is 19.1. The highest BCUT2D eigenvalue weighted by molar-refractivity contribution is 5.79. The molecular weight excluding hydrogens is 229 g/mol. The number of rotatable bonds is 2. The summed E-state index contributed by atoms with van der Waals surface area (Å²) in [5.41, 5.74) is 1.80. The Balaban J connectivity index is 1.86. The molecular formula is C15H18FNO. The number of carbonyl (C=O) groups excluding carboxylic acids is 1. The SMILES string of the molecule is Cc1ccc(C2(N3CCC(=O)CC3)CC2)cc1F. The molecule has 1 aliphatic carbocycles. The molecule has 1 heterocycles. The molecule has 1 aromatic rings. The molecule has 0 radical (unpaired) electrons. The first-order chi connectivity index (χ1) is 8.62. The highest BCUT2D eigenvalue weighted by Gasteiger charge is 2.49. The van der Waals surface area contributed by atoms with E-state index in [0.29, 0.717) is 24.2 Å².